The molecule has 0 atom stereocenters. The first-order valence-electron chi connectivity index (χ1n) is 5.25. The van der Waals surface area contributed by atoms with Crippen molar-refractivity contribution in [3.8, 4) is 0 Å². The first-order valence-corrected chi connectivity index (χ1v) is 6.05. The van der Waals surface area contributed by atoms with Crippen LogP contribution in [-0.2, 0) is 0 Å². The van der Waals surface area contributed by atoms with Crippen LogP contribution in [0.3, 0.4) is 0 Å². The fourth-order valence-corrected chi connectivity index (χ4v) is 2.09. The first kappa shape index (κ1) is 12.9. The Morgan fingerprint density at radius 1 is 1.06 bits per heavy atom. The summed E-state index contributed by atoms with van der Waals surface area (Å²) in [5.74, 6) is -1.97. The Labute approximate surface area is 112 Å². The first-order chi connectivity index (χ1) is 8.50. The lowest BCUT2D eigenvalue weighted by molar-refractivity contribution is 0.103. The molecule has 0 saturated carbocycles. The molecule has 0 bridgehead atoms. The molecular weight excluding hydrogens is 302 g/mol. The van der Waals surface area contributed by atoms with Gasteiger partial charge in [0.1, 0.15) is 11.6 Å². The molecule has 0 radical (unpaired) electrons. The Morgan fingerprint density at radius 2 is 1.72 bits per heavy atom. The summed E-state index contributed by atoms with van der Waals surface area (Å²) >= 11 is 3.23. The molecule has 0 aliphatic heterocycles. The maximum Gasteiger partial charge on any atom is 0.197 e. The Kier molecular flexibility index (Phi) is 3.57. The quantitative estimate of drug-likeness (QED) is 0.757. The normalized spacial score (nSPS) is 10.4. The van der Waals surface area contributed by atoms with Gasteiger partial charge in [0.05, 0.1) is 5.56 Å². The molecule has 92 valence electrons. The summed E-state index contributed by atoms with van der Waals surface area (Å²) in [6.45, 7) is 1.49. The van der Waals surface area contributed by atoms with E-state index in [1.54, 1.807) is 24.3 Å². The van der Waals surface area contributed by atoms with Gasteiger partial charge in [-0.1, -0.05) is 28.1 Å². The number of ketones is 1. The largest absolute Gasteiger partial charge is 0.288 e. The van der Waals surface area contributed by atoms with Crippen molar-refractivity contribution in [3.05, 3.63) is 69.2 Å². The van der Waals surface area contributed by atoms with E-state index in [-0.39, 0.29) is 11.1 Å². The molecule has 2 rings (SSSR count). The highest BCUT2D eigenvalue weighted by Gasteiger charge is 2.17. The Morgan fingerprint density at radius 3 is 2.39 bits per heavy atom. The topological polar surface area (TPSA) is 17.1 Å². The van der Waals surface area contributed by atoms with Crippen LogP contribution < -0.4 is 0 Å². The van der Waals surface area contributed by atoms with E-state index in [0.717, 1.165) is 6.07 Å². The lowest BCUT2D eigenvalue weighted by Crippen LogP contribution is -2.06. The Hall–Kier alpha value is -1.55. The van der Waals surface area contributed by atoms with Gasteiger partial charge >= 0.3 is 0 Å². The molecule has 0 heterocycles. The van der Waals surface area contributed by atoms with Crippen molar-refractivity contribution in [2.75, 3.05) is 0 Å². The van der Waals surface area contributed by atoms with Crippen LogP contribution in [-0.4, -0.2) is 5.78 Å². The van der Waals surface area contributed by atoms with Crippen molar-refractivity contribution in [3.63, 3.8) is 0 Å². The molecule has 0 unspecified atom stereocenters. The molecule has 4 heteroatoms. The molecule has 2 aromatic carbocycles. The van der Waals surface area contributed by atoms with Crippen LogP contribution in [0.2, 0.25) is 0 Å². The van der Waals surface area contributed by atoms with Crippen molar-refractivity contribution < 1.29 is 13.6 Å². The number of carbonyl (C=O) groups excluding carboxylic acids is 1. The van der Waals surface area contributed by atoms with Gasteiger partial charge in [-0.2, -0.15) is 0 Å². The number of rotatable bonds is 2. The summed E-state index contributed by atoms with van der Waals surface area (Å²) in [6.07, 6.45) is 0. The summed E-state index contributed by atoms with van der Waals surface area (Å²) in [5, 5.41) is 0. The third kappa shape index (κ3) is 2.34. The fourth-order valence-electron chi connectivity index (χ4n) is 1.62. The summed E-state index contributed by atoms with van der Waals surface area (Å²) in [6, 6.07) is 8.69. The molecule has 2 aromatic rings. The number of hydrogen-bond donors (Lipinski definition) is 0. The highest BCUT2D eigenvalue weighted by Crippen LogP contribution is 2.22. The minimum atomic E-state index is -0.848. The van der Waals surface area contributed by atoms with Crippen molar-refractivity contribution in [2.45, 2.75) is 6.92 Å². The van der Waals surface area contributed by atoms with E-state index in [4.69, 9.17) is 0 Å². The highest BCUT2D eigenvalue weighted by molar-refractivity contribution is 9.10. The van der Waals surface area contributed by atoms with Crippen LogP contribution >= 0.6 is 15.9 Å². The number of halogens is 3. The molecule has 0 fully saturated rings. The van der Waals surface area contributed by atoms with E-state index in [0.29, 0.717) is 10.0 Å². The maximum atomic E-state index is 13.6. The maximum absolute atomic E-state index is 13.6. The van der Waals surface area contributed by atoms with Crippen LogP contribution in [0.5, 0.6) is 0 Å². The van der Waals surface area contributed by atoms with Crippen molar-refractivity contribution in [1.29, 1.82) is 0 Å². The second kappa shape index (κ2) is 4.98. The van der Waals surface area contributed by atoms with Gasteiger partial charge in [-0.3, -0.25) is 4.79 Å². The minimum absolute atomic E-state index is 0.124. The molecule has 18 heavy (non-hydrogen) atoms. The zero-order valence-electron chi connectivity index (χ0n) is 9.51. The lowest BCUT2D eigenvalue weighted by atomic mass is 10.0. The summed E-state index contributed by atoms with van der Waals surface area (Å²) < 4.78 is 27.3. The van der Waals surface area contributed by atoms with Gasteiger partial charge in [0.2, 0.25) is 0 Å². The third-order valence-electron chi connectivity index (χ3n) is 2.61. The van der Waals surface area contributed by atoms with Crippen molar-refractivity contribution in [1.82, 2.24) is 0 Å². The van der Waals surface area contributed by atoms with E-state index in [1.165, 1.54) is 13.0 Å². The molecule has 0 spiro atoms. The SMILES string of the molecule is Cc1cc(C(=O)c2ccccc2Br)c(F)cc1F. The predicted octanol–water partition coefficient (Wildman–Crippen LogP) is 4.27. The number of benzene rings is 2. The van der Waals surface area contributed by atoms with Crippen LogP contribution in [0, 0.1) is 18.6 Å². The molecule has 0 saturated heterocycles. The number of hydrogen-bond acceptors (Lipinski definition) is 1. The third-order valence-corrected chi connectivity index (χ3v) is 3.30. The van der Waals surface area contributed by atoms with Gasteiger partial charge in [-0.05, 0) is 30.7 Å². The zero-order valence-corrected chi connectivity index (χ0v) is 11.1. The average Bonchev–Trinajstić information content (AvgIpc) is 2.33. The fraction of sp³-hybridized carbons (Fsp3) is 0.0714. The molecule has 0 aliphatic carbocycles. The Balaban J connectivity index is 2.53. The minimum Gasteiger partial charge on any atom is -0.288 e. The lowest BCUT2D eigenvalue weighted by Gasteiger charge is -2.06. The van der Waals surface area contributed by atoms with E-state index in [1.807, 2.05) is 0 Å². The second-order valence-electron chi connectivity index (χ2n) is 3.89. The van der Waals surface area contributed by atoms with Crippen molar-refractivity contribution >= 4 is 21.7 Å². The van der Waals surface area contributed by atoms with Crippen LogP contribution in [0.4, 0.5) is 8.78 Å². The zero-order chi connectivity index (χ0) is 13.3. The van der Waals surface area contributed by atoms with Gasteiger partial charge < -0.3 is 0 Å². The number of aryl methyl sites for hydroxylation is 1. The molecule has 0 aliphatic rings. The molecule has 0 N–H and O–H groups in total. The van der Waals surface area contributed by atoms with Crippen LogP contribution in [0.1, 0.15) is 21.5 Å². The van der Waals surface area contributed by atoms with Gasteiger partial charge in [-0.25, -0.2) is 8.78 Å². The predicted molar refractivity (Wildman–Crippen MR) is 68.7 cm³/mol. The highest BCUT2D eigenvalue weighted by atomic mass is 79.9. The van der Waals surface area contributed by atoms with Gasteiger partial charge in [0.15, 0.2) is 5.78 Å². The van der Waals surface area contributed by atoms with Gasteiger partial charge in [-0.15, -0.1) is 0 Å². The van der Waals surface area contributed by atoms with E-state index in [2.05, 4.69) is 15.9 Å². The van der Waals surface area contributed by atoms with Crippen LogP contribution in [0.15, 0.2) is 40.9 Å². The number of carbonyl (C=O) groups is 1. The monoisotopic (exact) mass is 310 g/mol. The summed E-state index contributed by atoms with van der Waals surface area (Å²) in [5.41, 5.74) is 0.468. The van der Waals surface area contributed by atoms with E-state index >= 15 is 0 Å². The standard InChI is InChI=1S/C14H9BrF2O/c1-8-6-10(13(17)7-12(8)16)14(18)9-4-2-3-5-11(9)15/h2-7H,1H3. The molecular formula is C14H9BrF2O. The van der Waals surface area contributed by atoms with E-state index < -0.39 is 17.4 Å². The second-order valence-corrected chi connectivity index (χ2v) is 4.74. The molecule has 1 nitrogen and oxygen atoms in total. The Bertz CT molecular complexity index is 623. The van der Waals surface area contributed by atoms with Crippen LogP contribution in [0.25, 0.3) is 0 Å². The van der Waals surface area contributed by atoms with Crippen molar-refractivity contribution in [2.24, 2.45) is 0 Å². The smallest absolute Gasteiger partial charge is 0.197 e. The van der Waals surface area contributed by atoms with E-state index in [9.17, 15) is 13.6 Å². The molecule has 0 amide bonds. The van der Waals surface area contributed by atoms with Gasteiger partial charge in [0.25, 0.3) is 0 Å². The summed E-state index contributed by atoms with van der Waals surface area (Å²) in [7, 11) is 0. The summed E-state index contributed by atoms with van der Waals surface area (Å²) in [4.78, 5) is 12.2. The van der Waals surface area contributed by atoms with Gasteiger partial charge in [0, 0.05) is 16.1 Å². The molecule has 0 aromatic heterocycles. The average molecular weight is 311 g/mol.